The van der Waals surface area contributed by atoms with E-state index in [0.29, 0.717) is 31.0 Å². The Hall–Kier alpha value is -3.45. The van der Waals surface area contributed by atoms with Crippen LogP contribution in [0.2, 0.25) is 0 Å². The minimum absolute atomic E-state index is 0.249. The maximum Gasteiger partial charge on any atom is 0.339 e. The van der Waals surface area contributed by atoms with E-state index < -0.39 is 5.97 Å². The summed E-state index contributed by atoms with van der Waals surface area (Å²) < 4.78 is 15.9. The van der Waals surface area contributed by atoms with Crippen LogP contribution < -0.4 is 5.32 Å². The Morgan fingerprint density at radius 3 is 2.63 bits per heavy atom. The zero-order valence-corrected chi connectivity index (χ0v) is 17.0. The van der Waals surface area contributed by atoms with Gasteiger partial charge in [-0.1, -0.05) is 24.3 Å². The second-order valence-corrected chi connectivity index (χ2v) is 6.62. The normalized spacial score (nSPS) is 10.6. The molecule has 1 N–H and O–H groups in total. The molecule has 0 saturated heterocycles. The number of ether oxygens (including phenoxy) is 2. The van der Waals surface area contributed by atoms with Crippen LogP contribution in [0.25, 0.3) is 0 Å². The van der Waals surface area contributed by atoms with Crippen molar-refractivity contribution in [2.75, 3.05) is 6.61 Å². The monoisotopic (exact) mass is 408 g/mol. The molecule has 2 heterocycles. The van der Waals surface area contributed by atoms with Gasteiger partial charge in [-0.05, 0) is 49.2 Å². The second-order valence-electron chi connectivity index (χ2n) is 6.62. The molecule has 3 rings (SSSR count). The Balaban J connectivity index is 1.54. The van der Waals surface area contributed by atoms with Gasteiger partial charge in [0.2, 0.25) is 0 Å². The van der Waals surface area contributed by atoms with E-state index in [0.717, 1.165) is 16.9 Å². The van der Waals surface area contributed by atoms with Crippen LogP contribution in [0.4, 0.5) is 0 Å². The molecule has 7 nitrogen and oxygen atoms in total. The molecule has 2 aromatic heterocycles. The maximum absolute atomic E-state index is 12.4. The van der Waals surface area contributed by atoms with Gasteiger partial charge in [0, 0.05) is 6.54 Å². The van der Waals surface area contributed by atoms with Crippen LogP contribution in [0.1, 0.15) is 50.4 Å². The number of carbonyl (C=O) groups excluding carboxylic acids is 2. The van der Waals surface area contributed by atoms with Crippen molar-refractivity contribution in [2.45, 2.75) is 33.6 Å². The number of carbonyl (C=O) groups is 2. The number of hydrogen-bond donors (Lipinski definition) is 1. The van der Waals surface area contributed by atoms with Crippen LogP contribution in [0.5, 0.6) is 0 Å². The van der Waals surface area contributed by atoms with Crippen LogP contribution in [0.15, 0.2) is 59.2 Å². The molecule has 0 spiro atoms. The number of amides is 1. The van der Waals surface area contributed by atoms with E-state index >= 15 is 0 Å². The summed E-state index contributed by atoms with van der Waals surface area (Å²) in [5.41, 5.74) is 3.01. The van der Waals surface area contributed by atoms with Crippen molar-refractivity contribution >= 4 is 11.9 Å². The van der Waals surface area contributed by atoms with Crippen molar-refractivity contribution in [3.05, 3.63) is 88.6 Å². The number of nitrogens with one attached hydrogen (secondary N) is 1. The number of esters is 1. The van der Waals surface area contributed by atoms with E-state index in [1.165, 1.54) is 6.07 Å². The van der Waals surface area contributed by atoms with E-state index in [1.807, 2.05) is 36.4 Å². The van der Waals surface area contributed by atoms with Gasteiger partial charge in [-0.2, -0.15) is 0 Å². The molecule has 0 aliphatic carbocycles. The molecule has 0 aliphatic heterocycles. The summed E-state index contributed by atoms with van der Waals surface area (Å²) in [6.45, 7) is 4.90. The van der Waals surface area contributed by atoms with Gasteiger partial charge in [-0.15, -0.1) is 0 Å². The summed E-state index contributed by atoms with van der Waals surface area (Å²) in [6.07, 6.45) is 1.61. The number of pyridine rings is 1. The van der Waals surface area contributed by atoms with Crippen molar-refractivity contribution in [3.63, 3.8) is 0 Å². The third kappa shape index (κ3) is 5.78. The highest BCUT2D eigenvalue weighted by Crippen LogP contribution is 2.11. The van der Waals surface area contributed by atoms with Gasteiger partial charge in [0.15, 0.2) is 0 Å². The zero-order chi connectivity index (χ0) is 21.3. The fourth-order valence-electron chi connectivity index (χ4n) is 2.88. The summed E-state index contributed by atoms with van der Waals surface area (Å²) in [7, 11) is 0. The van der Waals surface area contributed by atoms with Gasteiger partial charge in [0.25, 0.3) is 5.91 Å². The van der Waals surface area contributed by atoms with Gasteiger partial charge < -0.3 is 19.2 Å². The Morgan fingerprint density at radius 1 is 1.07 bits per heavy atom. The van der Waals surface area contributed by atoms with Crippen molar-refractivity contribution in [1.82, 2.24) is 10.3 Å². The number of aromatic nitrogens is 1. The molecular formula is C23H24N2O5. The molecule has 0 saturated carbocycles. The van der Waals surface area contributed by atoms with Gasteiger partial charge in [0.05, 0.1) is 30.7 Å². The van der Waals surface area contributed by atoms with Gasteiger partial charge in [0.1, 0.15) is 18.1 Å². The number of aryl methyl sites for hydroxylation is 1. The molecule has 0 bridgehead atoms. The lowest BCUT2D eigenvalue weighted by Crippen LogP contribution is -2.24. The molecule has 30 heavy (non-hydrogen) atoms. The highest BCUT2D eigenvalue weighted by atomic mass is 16.5. The smallest absolute Gasteiger partial charge is 0.339 e. The summed E-state index contributed by atoms with van der Waals surface area (Å²) >= 11 is 0. The van der Waals surface area contributed by atoms with E-state index in [4.69, 9.17) is 13.9 Å². The predicted octanol–water partition coefficient (Wildman–Crippen LogP) is 3.81. The molecule has 1 aromatic carbocycles. The Morgan fingerprint density at radius 2 is 1.90 bits per heavy atom. The summed E-state index contributed by atoms with van der Waals surface area (Å²) in [5.74, 6) is 0.0173. The summed E-state index contributed by atoms with van der Waals surface area (Å²) in [6, 6.07) is 14.6. The lowest BCUT2D eigenvalue weighted by Gasteiger charge is -2.09. The molecule has 0 aliphatic rings. The standard InChI is InChI=1S/C23H24N2O5/c1-3-29-23(27)20-9-10-21(25-16(20)2)22(26)24-13-17-6-4-7-18(12-17)14-28-15-19-8-5-11-30-19/h4-12H,3,13-15H2,1-2H3,(H,24,26). The first-order chi connectivity index (χ1) is 14.6. The molecule has 3 aromatic rings. The fraction of sp³-hybridized carbons (Fsp3) is 0.261. The van der Waals surface area contributed by atoms with Crippen molar-refractivity contribution in [3.8, 4) is 0 Å². The molecule has 0 fully saturated rings. The van der Waals surface area contributed by atoms with Crippen molar-refractivity contribution < 1.29 is 23.5 Å². The number of rotatable bonds is 9. The average molecular weight is 408 g/mol. The lowest BCUT2D eigenvalue weighted by molar-refractivity contribution is 0.0524. The predicted molar refractivity (Wildman–Crippen MR) is 110 cm³/mol. The third-order valence-corrected chi connectivity index (χ3v) is 4.35. The largest absolute Gasteiger partial charge is 0.467 e. The van der Waals surface area contributed by atoms with Gasteiger partial charge in [-0.3, -0.25) is 4.79 Å². The first-order valence-electron chi connectivity index (χ1n) is 9.67. The molecule has 156 valence electrons. The number of hydrogen-bond acceptors (Lipinski definition) is 6. The summed E-state index contributed by atoms with van der Waals surface area (Å²) in [4.78, 5) is 28.5. The second kappa shape index (κ2) is 10.4. The molecule has 0 atom stereocenters. The molecule has 0 radical (unpaired) electrons. The summed E-state index contributed by atoms with van der Waals surface area (Å²) in [5, 5.41) is 2.85. The first kappa shape index (κ1) is 21.3. The van der Waals surface area contributed by atoms with Crippen LogP contribution in [-0.2, 0) is 29.2 Å². The zero-order valence-electron chi connectivity index (χ0n) is 17.0. The third-order valence-electron chi connectivity index (χ3n) is 4.35. The van der Waals surface area contributed by atoms with Gasteiger partial charge >= 0.3 is 5.97 Å². The van der Waals surface area contributed by atoms with Crippen LogP contribution in [0.3, 0.4) is 0 Å². The Labute approximate surface area is 175 Å². The van der Waals surface area contributed by atoms with Crippen molar-refractivity contribution in [1.29, 1.82) is 0 Å². The van der Waals surface area contributed by atoms with E-state index in [9.17, 15) is 9.59 Å². The molecule has 7 heteroatoms. The highest BCUT2D eigenvalue weighted by Gasteiger charge is 2.14. The fourth-order valence-corrected chi connectivity index (χ4v) is 2.88. The SMILES string of the molecule is CCOC(=O)c1ccc(C(=O)NCc2cccc(COCc3ccco3)c2)nc1C. The van der Waals surface area contributed by atoms with Gasteiger partial charge in [-0.25, -0.2) is 9.78 Å². The van der Waals surface area contributed by atoms with E-state index in [2.05, 4.69) is 10.3 Å². The molecule has 1 amide bonds. The lowest BCUT2D eigenvalue weighted by atomic mass is 10.1. The minimum Gasteiger partial charge on any atom is -0.467 e. The molecule has 0 unspecified atom stereocenters. The van der Waals surface area contributed by atoms with E-state index in [-0.39, 0.29) is 18.2 Å². The Bertz CT molecular complexity index is 999. The van der Waals surface area contributed by atoms with Crippen LogP contribution in [-0.4, -0.2) is 23.5 Å². The maximum atomic E-state index is 12.4. The first-order valence-corrected chi connectivity index (χ1v) is 9.67. The van der Waals surface area contributed by atoms with E-state index in [1.54, 1.807) is 26.2 Å². The highest BCUT2D eigenvalue weighted by molar-refractivity contribution is 5.95. The van der Waals surface area contributed by atoms with Crippen LogP contribution in [0, 0.1) is 6.92 Å². The average Bonchev–Trinajstić information content (AvgIpc) is 3.26. The topological polar surface area (TPSA) is 90.7 Å². The van der Waals surface area contributed by atoms with Crippen molar-refractivity contribution in [2.24, 2.45) is 0 Å². The number of nitrogens with zero attached hydrogens (tertiary/aromatic N) is 1. The number of benzene rings is 1. The Kier molecular flexibility index (Phi) is 7.34. The minimum atomic E-state index is -0.444. The number of furan rings is 1. The quantitative estimate of drug-likeness (QED) is 0.542. The molecular weight excluding hydrogens is 384 g/mol. The van der Waals surface area contributed by atoms with Crippen LogP contribution >= 0.6 is 0 Å².